The number of aromatic nitrogens is 6. The molecule has 138 valence electrons. The molecule has 4 heterocycles. The Bertz CT molecular complexity index is 1330. The summed E-state index contributed by atoms with van der Waals surface area (Å²) in [5.74, 6) is 0.530. The Balaban J connectivity index is 1.72. The van der Waals surface area contributed by atoms with Crippen LogP contribution in [-0.4, -0.2) is 28.9 Å². The SMILES string of the molecule is CC[C@H](c1ccccc1)n1c(=O)[nH]c2cnc(-c3cnc4ccccn34)nc21. The van der Waals surface area contributed by atoms with Crippen molar-refractivity contribution < 1.29 is 0 Å². The van der Waals surface area contributed by atoms with Gasteiger partial charge in [0, 0.05) is 6.20 Å². The number of rotatable bonds is 4. The van der Waals surface area contributed by atoms with Gasteiger partial charge in [-0.25, -0.2) is 19.7 Å². The van der Waals surface area contributed by atoms with E-state index in [0.29, 0.717) is 17.0 Å². The van der Waals surface area contributed by atoms with Crippen LogP contribution in [-0.2, 0) is 0 Å². The van der Waals surface area contributed by atoms with E-state index in [9.17, 15) is 4.79 Å². The minimum atomic E-state index is -0.185. The summed E-state index contributed by atoms with van der Waals surface area (Å²) in [6.45, 7) is 2.06. The van der Waals surface area contributed by atoms with Crippen molar-refractivity contribution in [3.05, 3.63) is 83.2 Å². The van der Waals surface area contributed by atoms with Gasteiger partial charge >= 0.3 is 5.69 Å². The quantitative estimate of drug-likeness (QED) is 0.525. The van der Waals surface area contributed by atoms with Crippen LogP contribution in [0.4, 0.5) is 0 Å². The fraction of sp³-hybridized carbons (Fsp3) is 0.143. The highest BCUT2D eigenvalue weighted by Crippen LogP contribution is 2.25. The first-order valence-electron chi connectivity index (χ1n) is 9.21. The second kappa shape index (κ2) is 6.45. The van der Waals surface area contributed by atoms with Crippen molar-refractivity contribution in [2.45, 2.75) is 19.4 Å². The molecular weight excluding hydrogens is 352 g/mol. The van der Waals surface area contributed by atoms with Gasteiger partial charge in [-0.2, -0.15) is 0 Å². The molecule has 0 fully saturated rings. The van der Waals surface area contributed by atoms with E-state index in [1.165, 1.54) is 0 Å². The third-order valence-corrected chi connectivity index (χ3v) is 4.99. The molecule has 0 aliphatic rings. The molecule has 5 aromatic rings. The van der Waals surface area contributed by atoms with Gasteiger partial charge in [0.25, 0.3) is 0 Å². The number of hydrogen-bond acceptors (Lipinski definition) is 4. The minimum absolute atomic E-state index is 0.104. The average Bonchev–Trinajstić information content (AvgIpc) is 3.30. The lowest BCUT2D eigenvalue weighted by molar-refractivity contribution is 0.561. The lowest BCUT2D eigenvalue weighted by atomic mass is 10.0. The van der Waals surface area contributed by atoms with E-state index in [1.54, 1.807) is 17.0 Å². The van der Waals surface area contributed by atoms with Gasteiger partial charge in [0.05, 0.1) is 18.4 Å². The van der Waals surface area contributed by atoms with E-state index in [-0.39, 0.29) is 11.7 Å². The van der Waals surface area contributed by atoms with Crippen molar-refractivity contribution in [2.24, 2.45) is 0 Å². The molecule has 7 heteroatoms. The number of imidazole rings is 2. The van der Waals surface area contributed by atoms with Crippen molar-refractivity contribution in [3.8, 4) is 11.5 Å². The first-order chi connectivity index (χ1) is 13.8. The molecule has 0 amide bonds. The smallest absolute Gasteiger partial charge is 0.303 e. The van der Waals surface area contributed by atoms with Crippen LogP contribution in [0.3, 0.4) is 0 Å². The molecule has 0 aliphatic carbocycles. The molecule has 4 aromatic heterocycles. The molecule has 1 aromatic carbocycles. The Morgan fingerprint density at radius 2 is 1.86 bits per heavy atom. The van der Waals surface area contributed by atoms with Gasteiger partial charge < -0.3 is 4.98 Å². The topological polar surface area (TPSA) is 80.9 Å². The van der Waals surface area contributed by atoms with Crippen molar-refractivity contribution in [3.63, 3.8) is 0 Å². The van der Waals surface area contributed by atoms with Crippen molar-refractivity contribution in [1.82, 2.24) is 28.9 Å². The van der Waals surface area contributed by atoms with Gasteiger partial charge in [0.1, 0.15) is 16.9 Å². The van der Waals surface area contributed by atoms with Crippen molar-refractivity contribution >= 4 is 16.8 Å². The Morgan fingerprint density at radius 1 is 1.04 bits per heavy atom. The molecule has 0 unspecified atom stereocenters. The zero-order chi connectivity index (χ0) is 19.1. The van der Waals surface area contributed by atoms with Crippen LogP contribution in [0.25, 0.3) is 28.3 Å². The van der Waals surface area contributed by atoms with E-state index in [4.69, 9.17) is 4.98 Å². The molecule has 1 N–H and O–H groups in total. The first kappa shape index (κ1) is 16.4. The highest BCUT2D eigenvalue weighted by atomic mass is 16.1. The third kappa shape index (κ3) is 2.51. The summed E-state index contributed by atoms with van der Waals surface area (Å²) in [5.41, 5.74) is 3.71. The van der Waals surface area contributed by atoms with E-state index in [1.807, 2.05) is 59.1 Å². The van der Waals surface area contributed by atoms with Gasteiger partial charge in [-0.15, -0.1) is 0 Å². The number of nitrogens with one attached hydrogen (secondary N) is 1. The largest absolute Gasteiger partial charge is 0.328 e. The molecule has 5 rings (SSSR count). The Kier molecular flexibility index (Phi) is 3.79. The summed E-state index contributed by atoms with van der Waals surface area (Å²) >= 11 is 0. The maximum atomic E-state index is 12.7. The number of nitrogens with zero attached hydrogens (tertiary/aromatic N) is 5. The molecule has 0 saturated carbocycles. The van der Waals surface area contributed by atoms with Crippen LogP contribution in [0.1, 0.15) is 24.9 Å². The zero-order valence-electron chi connectivity index (χ0n) is 15.3. The highest BCUT2D eigenvalue weighted by Gasteiger charge is 2.20. The lowest BCUT2D eigenvalue weighted by Crippen LogP contribution is -2.23. The number of hydrogen-bond donors (Lipinski definition) is 1. The molecular formula is C21H18N6O. The minimum Gasteiger partial charge on any atom is -0.303 e. The predicted octanol–water partition coefficient (Wildman–Crippen LogP) is 3.43. The van der Waals surface area contributed by atoms with E-state index in [2.05, 4.69) is 21.9 Å². The fourth-order valence-electron chi connectivity index (χ4n) is 3.67. The van der Waals surface area contributed by atoms with Gasteiger partial charge in [-0.1, -0.05) is 43.3 Å². The third-order valence-electron chi connectivity index (χ3n) is 4.99. The average molecular weight is 370 g/mol. The summed E-state index contributed by atoms with van der Waals surface area (Å²) in [5, 5.41) is 0. The van der Waals surface area contributed by atoms with Crippen molar-refractivity contribution in [2.75, 3.05) is 0 Å². The molecule has 0 spiro atoms. The maximum absolute atomic E-state index is 12.7. The molecule has 28 heavy (non-hydrogen) atoms. The van der Waals surface area contributed by atoms with Crippen LogP contribution < -0.4 is 5.69 Å². The van der Waals surface area contributed by atoms with Crippen LogP contribution >= 0.6 is 0 Å². The van der Waals surface area contributed by atoms with Crippen LogP contribution in [0.15, 0.2) is 71.9 Å². The molecule has 7 nitrogen and oxygen atoms in total. The van der Waals surface area contributed by atoms with Crippen molar-refractivity contribution in [1.29, 1.82) is 0 Å². The number of benzene rings is 1. The standard InChI is InChI=1S/C21H18N6O/c1-2-16(14-8-4-3-5-9-14)27-20-15(24-21(27)28)12-23-19(25-20)17-13-22-18-10-6-7-11-26(17)18/h3-13,16H,2H2,1H3,(H,24,28)/t16-/m1/s1. The fourth-order valence-corrected chi connectivity index (χ4v) is 3.67. The van der Waals surface area contributed by atoms with Crippen LogP contribution in [0.5, 0.6) is 0 Å². The van der Waals surface area contributed by atoms with Gasteiger partial charge in [0.15, 0.2) is 11.5 Å². The summed E-state index contributed by atoms with van der Waals surface area (Å²) in [4.78, 5) is 29.2. The Labute approximate surface area is 160 Å². The van der Waals surface area contributed by atoms with Crippen LogP contribution in [0.2, 0.25) is 0 Å². The molecule has 0 saturated heterocycles. The second-order valence-corrected chi connectivity index (χ2v) is 6.64. The molecule has 0 aliphatic heterocycles. The second-order valence-electron chi connectivity index (χ2n) is 6.64. The Morgan fingerprint density at radius 3 is 2.68 bits per heavy atom. The summed E-state index contributed by atoms with van der Waals surface area (Å²) in [7, 11) is 0. The molecule has 1 atom stereocenters. The summed E-state index contributed by atoms with van der Waals surface area (Å²) < 4.78 is 3.66. The number of pyridine rings is 1. The van der Waals surface area contributed by atoms with Gasteiger partial charge in [0.2, 0.25) is 0 Å². The monoisotopic (exact) mass is 370 g/mol. The van der Waals surface area contributed by atoms with Crippen LogP contribution in [0, 0.1) is 0 Å². The Hall–Kier alpha value is -3.74. The summed E-state index contributed by atoms with van der Waals surface area (Å²) in [6, 6.07) is 15.7. The van der Waals surface area contributed by atoms with Gasteiger partial charge in [-0.05, 0) is 24.1 Å². The number of aromatic amines is 1. The number of fused-ring (bicyclic) bond motifs is 2. The normalized spacial score (nSPS) is 12.6. The predicted molar refractivity (Wildman–Crippen MR) is 107 cm³/mol. The summed E-state index contributed by atoms with van der Waals surface area (Å²) in [6.07, 6.45) is 6.11. The lowest BCUT2D eigenvalue weighted by Gasteiger charge is -2.17. The number of H-pyrrole nitrogens is 1. The first-order valence-corrected chi connectivity index (χ1v) is 9.21. The van der Waals surface area contributed by atoms with Gasteiger partial charge in [-0.3, -0.25) is 8.97 Å². The molecule has 0 bridgehead atoms. The zero-order valence-corrected chi connectivity index (χ0v) is 15.3. The van der Waals surface area contributed by atoms with E-state index in [0.717, 1.165) is 23.3 Å². The molecule has 0 radical (unpaired) electrons. The van der Waals surface area contributed by atoms with E-state index < -0.39 is 0 Å². The maximum Gasteiger partial charge on any atom is 0.328 e. The highest BCUT2D eigenvalue weighted by molar-refractivity contribution is 5.73. The van der Waals surface area contributed by atoms with E-state index >= 15 is 0 Å².